The van der Waals surface area contributed by atoms with E-state index in [-0.39, 0.29) is 12.0 Å². The molecular formula is C25H26N6O3. The fraction of sp³-hybridized carbons (Fsp3) is 0.320. The normalized spacial score (nSPS) is 15.1. The number of pyridine rings is 1. The minimum absolute atomic E-state index is 0.216. The van der Waals surface area contributed by atoms with E-state index in [0.717, 1.165) is 16.9 Å². The average molecular weight is 459 g/mol. The molecule has 1 N–H and O–H groups in total. The molecule has 1 amide bonds. The van der Waals surface area contributed by atoms with Gasteiger partial charge in [0, 0.05) is 51.4 Å². The first-order valence-corrected chi connectivity index (χ1v) is 11.0. The first-order valence-electron chi connectivity index (χ1n) is 11.0. The van der Waals surface area contributed by atoms with E-state index in [1.165, 1.54) is 0 Å². The summed E-state index contributed by atoms with van der Waals surface area (Å²) in [6, 6.07) is 13.3. The summed E-state index contributed by atoms with van der Waals surface area (Å²) in [5.41, 5.74) is 2.91. The largest absolute Gasteiger partial charge is 0.487 e. The van der Waals surface area contributed by atoms with E-state index in [9.17, 15) is 10.1 Å². The zero-order valence-electron chi connectivity index (χ0n) is 19.2. The van der Waals surface area contributed by atoms with Gasteiger partial charge in [0.25, 0.3) is 0 Å². The second-order valence-corrected chi connectivity index (χ2v) is 8.30. The summed E-state index contributed by atoms with van der Waals surface area (Å²) < 4.78 is 6.00. The second kappa shape index (κ2) is 10.3. The van der Waals surface area contributed by atoms with E-state index >= 15 is 0 Å². The van der Waals surface area contributed by atoms with Crippen molar-refractivity contribution in [1.29, 1.82) is 5.26 Å². The molecule has 3 heterocycles. The smallest absolute Gasteiger partial charge is 0.248 e. The van der Waals surface area contributed by atoms with Crippen LogP contribution in [0.3, 0.4) is 0 Å². The number of carbonyl (C=O) groups is 1. The zero-order chi connectivity index (χ0) is 24.1. The number of carbonyl (C=O) groups excluding carboxylic acids is 1. The summed E-state index contributed by atoms with van der Waals surface area (Å²) in [4.78, 5) is 28.7. The van der Waals surface area contributed by atoms with E-state index in [4.69, 9.17) is 9.84 Å². The van der Waals surface area contributed by atoms with Crippen molar-refractivity contribution in [3.8, 4) is 23.1 Å². The van der Waals surface area contributed by atoms with Crippen molar-refractivity contribution >= 4 is 11.7 Å². The molecule has 174 valence electrons. The third-order valence-corrected chi connectivity index (χ3v) is 5.66. The summed E-state index contributed by atoms with van der Waals surface area (Å²) in [6.07, 6.45) is 4.51. The summed E-state index contributed by atoms with van der Waals surface area (Å²) in [5.74, 6) is 1.70. The molecule has 4 rings (SSSR count). The van der Waals surface area contributed by atoms with Crippen LogP contribution in [0, 0.1) is 11.3 Å². The van der Waals surface area contributed by atoms with Crippen LogP contribution in [0.5, 0.6) is 5.75 Å². The van der Waals surface area contributed by atoms with Gasteiger partial charge in [0.2, 0.25) is 5.91 Å². The van der Waals surface area contributed by atoms with E-state index < -0.39 is 6.61 Å². The average Bonchev–Trinajstić information content (AvgIpc) is 3.33. The molecule has 1 atom stereocenters. The molecule has 0 aliphatic carbocycles. The number of likely N-dealkylation sites (tertiary alicyclic amines) is 1. The highest BCUT2D eigenvalue weighted by molar-refractivity contribution is 5.77. The maximum absolute atomic E-state index is 11.7. The van der Waals surface area contributed by atoms with Gasteiger partial charge in [-0.3, -0.25) is 4.79 Å². The number of aliphatic hydroxyl groups excluding tert-OH is 1. The molecule has 0 radical (unpaired) electrons. The predicted molar refractivity (Wildman–Crippen MR) is 126 cm³/mol. The number of hydrogen-bond donors (Lipinski definition) is 1. The number of ether oxygens (including phenoxy) is 1. The maximum atomic E-state index is 11.7. The van der Waals surface area contributed by atoms with Crippen LogP contribution in [-0.4, -0.2) is 70.8 Å². The SMILES string of the molecule is CN(C)c1ccc(Cc2nccc(-c3ccc(O[C@@H]4CCN(C(=O)CO)C4)c(C#N)c3)n2)cn1. The fourth-order valence-electron chi connectivity index (χ4n) is 3.82. The fourth-order valence-corrected chi connectivity index (χ4v) is 3.82. The van der Waals surface area contributed by atoms with Crippen LogP contribution in [0.4, 0.5) is 5.82 Å². The molecule has 0 spiro atoms. The van der Waals surface area contributed by atoms with E-state index in [0.29, 0.717) is 48.8 Å². The third kappa shape index (κ3) is 5.30. The Balaban J connectivity index is 1.48. The van der Waals surface area contributed by atoms with Crippen molar-refractivity contribution in [3.63, 3.8) is 0 Å². The molecule has 1 fully saturated rings. The zero-order valence-corrected chi connectivity index (χ0v) is 19.2. The summed E-state index contributed by atoms with van der Waals surface area (Å²) >= 11 is 0. The molecule has 1 aliphatic rings. The van der Waals surface area contributed by atoms with Crippen LogP contribution in [0.15, 0.2) is 48.8 Å². The molecule has 34 heavy (non-hydrogen) atoms. The van der Waals surface area contributed by atoms with Crippen LogP contribution < -0.4 is 9.64 Å². The van der Waals surface area contributed by atoms with Crippen LogP contribution in [0.2, 0.25) is 0 Å². The Labute approximate surface area is 198 Å². The minimum atomic E-state index is -0.510. The van der Waals surface area contributed by atoms with E-state index in [1.807, 2.05) is 49.5 Å². The van der Waals surface area contributed by atoms with Crippen molar-refractivity contribution in [3.05, 3.63) is 65.7 Å². The Hall–Kier alpha value is -4.03. The number of nitriles is 1. The van der Waals surface area contributed by atoms with Crippen molar-refractivity contribution in [2.75, 3.05) is 38.7 Å². The van der Waals surface area contributed by atoms with Crippen molar-refractivity contribution in [2.45, 2.75) is 18.9 Å². The molecule has 1 aromatic carbocycles. The lowest BCUT2D eigenvalue weighted by Gasteiger charge is -2.17. The third-order valence-electron chi connectivity index (χ3n) is 5.66. The second-order valence-electron chi connectivity index (χ2n) is 8.30. The Morgan fingerprint density at radius 3 is 2.82 bits per heavy atom. The summed E-state index contributed by atoms with van der Waals surface area (Å²) in [6.45, 7) is 0.413. The number of aromatic nitrogens is 3. The van der Waals surface area contributed by atoms with Crippen molar-refractivity contribution in [1.82, 2.24) is 19.9 Å². The molecule has 1 aliphatic heterocycles. The van der Waals surface area contributed by atoms with Gasteiger partial charge in [0.05, 0.1) is 17.8 Å². The topological polar surface area (TPSA) is 115 Å². The van der Waals surface area contributed by atoms with Gasteiger partial charge in [-0.1, -0.05) is 6.07 Å². The number of rotatable bonds is 7. The van der Waals surface area contributed by atoms with Gasteiger partial charge in [-0.2, -0.15) is 5.26 Å². The van der Waals surface area contributed by atoms with Crippen molar-refractivity contribution < 1.29 is 14.6 Å². The van der Waals surface area contributed by atoms with E-state index in [1.54, 1.807) is 23.2 Å². The Bertz CT molecular complexity index is 1210. The first-order chi connectivity index (χ1) is 16.5. The van der Waals surface area contributed by atoms with Gasteiger partial charge in [-0.05, 0) is 35.9 Å². The summed E-state index contributed by atoms with van der Waals surface area (Å²) in [5, 5.41) is 18.7. The Morgan fingerprint density at radius 1 is 1.26 bits per heavy atom. The van der Waals surface area contributed by atoms with Gasteiger partial charge in [0.1, 0.15) is 36.2 Å². The number of hydrogen-bond acceptors (Lipinski definition) is 8. The quantitative estimate of drug-likeness (QED) is 0.572. The monoisotopic (exact) mass is 458 g/mol. The number of aliphatic hydroxyl groups is 1. The van der Waals surface area contributed by atoms with Crippen LogP contribution in [0.1, 0.15) is 23.4 Å². The Morgan fingerprint density at radius 2 is 2.12 bits per heavy atom. The lowest BCUT2D eigenvalue weighted by atomic mass is 10.1. The van der Waals surface area contributed by atoms with Crippen LogP contribution in [0.25, 0.3) is 11.3 Å². The molecule has 3 aromatic rings. The highest BCUT2D eigenvalue weighted by Crippen LogP contribution is 2.28. The lowest BCUT2D eigenvalue weighted by molar-refractivity contribution is -0.133. The highest BCUT2D eigenvalue weighted by Gasteiger charge is 2.27. The Kier molecular flexibility index (Phi) is 6.99. The number of anilines is 1. The van der Waals surface area contributed by atoms with Gasteiger partial charge in [-0.15, -0.1) is 0 Å². The van der Waals surface area contributed by atoms with Crippen LogP contribution >= 0.6 is 0 Å². The van der Waals surface area contributed by atoms with Gasteiger partial charge < -0.3 is 19.6 Å². The molecule has 9 nitrogen and oxygen atoms in total. The molecule has 0 unspecified atom stereocenters. The number of benzene rings is 1. The van der Waals surface area contributed by atoms with Gasteiger partial charge >= 0.3 is 0 Å². The number of nitrogens with zero attached hydrogens (tertiary/aromatic N) is 6. The molecule has 1 saturated heterocycles. The molecule has 2 aromatic heterocycles. The minimum Gasteiger partial charge on any atom is -0.487 e. The standard InChI is InChI=1S/C25H26N6O3/c1-30(2)24-6-3-17(14-28-24)11-23-27-9-7-21(29-23)18-4-5-22(19(12-18)13-26)34-20-8-10-31(15-20)25(33)16-32/h3-7,9,12,14,20,32H,8,10-11,15-16H2,1-2H3/t20-/m1/s1. The lowest BCUT2D eigenvalue weighted by Crippen LogP contribution is -2.32. The molecule has 0 bridgehead atoms. The highest BCUT2D eigenvalue weighted by atomic mass is 16.5. The molecular weight excluding hydrogens is 432 g/mol. The van der Waals surface area contributed by atoms with Crippen molar-refractivity contribution in [2.24, 2.45) is 0 Å². The molecule has 9 heteroatoms. The van der Waals surface area contributed by atoms with Gasteiger partial charge in [0.15, 0.2) is 0 Å². The van der Waals surface area contributed by atoms with Gasteiger partial charge in [-0.25, -0.2) is 15.0 Å². The van der Waals surface area contributed by atoms with Crippen LogP contribution in [-0.2, 0) is 11.2 Å². The maximum Gasteiger partial charge on any atom is 0.248 e. The summed E-state index contributed by atoms with van der Waals surface area (Å²) in [7, 11) is 3.89. The van der Waals surface area contributed by atoms with E-state index in [2.05, 4.69) is 21.0 Å². The first kappa shape index (κ1) is 23.1. The predicted octanol–water partition coefficient (Wildman–Crippen LogP) is 2.04. The molecule has 0 saturated carbocycles. The number of amides is 1.